The molecule has 0 aliphatic carbocycles. The summed E-state index contributed by atoms with van der Waals surface area (Å²) in [5, 5.41) is 8.43. The van der Waals surface area contributed by atoms with Gasteiger partial charge in [0, 0.05) is 28.6 Å². The van der Waals surface area contributed by atoms with Crippen LogP contribution in [0.3, 0.4) is 0 Å². The van der Waals surface area contributed by atoms with Crippen LogP contribution in [-0.2, 0) is 12.2 Å². The zero-order valence-electron chi connectivity index (χ0n) is 16.0. The predicted octanol–water partition coefficient (Wildman–Crippen LogP) is 4.99. The minimum Gasteiger partial charge on any atom is -0.361 e. The van der Waals surface area contributed by atoms with E-state index in [0.717, 1.165) is 29.0 Å². The highest BCUT2D eigenvalue weighted by molar-refractivity contribution is 7.98. The molecule has 1 atom stereocenters. The van der Waals surface area contributed by atoms with E-state index < -0.39 is 0 Å². The molecule has 146 valence electrons. The number of hydrogen-bond donors (Lipinski definition) is 1. The van der Waals surface area contributed by atoms with E-state index in [1.54, 1.807) is 18.3 Å². The molecule has 0 aliphatic heterocycles. The molecule has 1 aromatic carbocycles. The second-order valence-electron chi connectivity index (χ2n) is 6.65. The quantitative estimate of drug-likeness (QED) is 0.550. The van der Waals surface area contributed by atoms with Gasteiger partial charge in [-0.05, 0) is 57.0 Å². The first-order valence-corrected chi connectivity index (χ1v) is 10.3. The van der Waals surface area contributed by atoms with Crippen LogP contribution in [0, 0.1) is 13.8 Å². The molecule has 1 amide bonds. The van der Waals surface area contributed by atoms with Crippen LogP contribution < -0.4 is 5.32 Å². The van der Waals surface area contributed by atoms with Crippen molar-refractivity contribution in [2.45, 2.75) is 44.0 Å². The van der Waals surface area contributed by atoms with Gasteiger partial charge in [0.15, 0.2) is 0 Å². The van der Waals surface area contributed by atoms with Crippen LogP contribution in [0.15, 0.2) is 52.1 Å². The van der Waals surface area contributed by atoms with E-state index in [9.17, 15) is 4.79 Å². The largest absolute Gasteiger partial charge is 0.361 e. The maximum atomic E-state index is 12.8. The molecule has 0 spiro atoms. The highest BCUT2D eigenvalue weighted by Gasteiger charge is 2.17. The number of benzene rings is 1. The lowest BCUT2D eigenvalue weighted by Gasteiger charge is -2.15. The number of nitrogens with one attached hydrogen (secondary N) is 1. The number of pyridine rings is 1. The summed E-state index contributed by atoms with van der Waals surface area (Å²) in [6.07, 6.45) is 2.42. The summed E-state index contributed by atoms with van der Waals surface area (Å²) in [5.74, 6) is 1.32. The van der Waals surface area contributed by atoms with Crippen LogP contribution in [0.1, 0.15) is 39.9 Å². The Kier molecular flexibility index (Phi) is 6.75. The molecule has 3 aromatic rings. The summed E-state index contributed by atoms with van der Waals surface area (Å²) in [5.41, 5.74) is 3.60. The van der Waals surface area contributed by atoms with Gasteiger partial charge in [-0.2, -0.15) is 0 Å². The van der Waals surface area contributed by atoms with E-state index in [-0.39, 0.29) is 11.9 Å². The number of rotatable bonds is 7. The smallest absolute Gasteiger partial charge is 0.254 e. The van der Waals surface area contributed by atoms with E-state index in [4.69, 9.17) is 16.1 Å². The molecule has 1 N–H and O–H groups in total. The van der Waals surface area contributed by atoms with Crippen LogP contribution in [0.2, 0.25) is 5.02 Å². The number of carbonyl (C=O) groups is 1. The monoisotopic (exact) mass is 415 g/mol. The number of aromatic nitrogens is 2. The van der Waals surface area contributed by atoms with Crippen molar-refractivity contribution >= 4 is 29.3 Å². The van der Waals surface area contributed by atoms with Gasteiger partial charge in [0.05, 0.1) is 11.3 Å². The Labute approximate surface area is 173 Å². The Hall–Kier alpha value is -2.31. The maximum Gasteiger partial charge on any atom is 0.254 e. The molecule has 0 fully saturated rings. The van der Waals surface area contributed by atoms with Gasteiger partial charge in [0.25, 0.3) is 5.91 Å². The number of thioether (sulfide) groups is 1. The van der Waals surface area contributed by atoms with Gasteiger partial charge in [0.2, 0.25) is 0 Å². The molecule has 0 bridgehead atoms. The third kappa shape index (κ3) is 5.14. The number of halogens is 1. The number of amides is 1. The minimum atomic E-state index is -0.129. The molecule has 0 aliphatic rings. The molecule has 0 unspecified atom stereocenters. The number of aryl methyl sites for hydroxylation is 2. The van der Waals surface area contributed by atoms with Crippen molar-refractivity contribution in [3.05, 3.63) is 75.8 Å². The predicted molar refractivity (Wildman–Crippen MR) is 112 cm³/mol. The molecule has 5 nitrogen and oxygen atoms in total. The fourth-order valence-corrected chi connectivity index (χ4v) is 4.12. The number of carbonyl (C=O) groups excluding carboxylic acids is 1. The van der Waals surface area contributed by atoms with Crippen LogP contribution in [0.4, 0.5) is 0 Å². The third-order valence-electron chi connectivity index (χ3n) is 4.38. The zero-order valence-corrected chi connectivity index (χ0v) is 17.6. The van der Waals surface area contributed by atoms with Crippen LogP contribution >= 0.6 is 23.4 Å². The first-order chi connectivity index (χ1) is 13.4. The normalized spacial score (nSPS) is 12.0. The minimum absolute atomic E-state index is 0.0192. The van der Waals surface area contributed by atoms with E-state index in [1.807, 2.05) is 45.0 Å². The third-order valence-corrected chi connectivity index (χ3v) is 5.67. The average molecular weight is 416 g/mol. The van der Waals surface area contributed by atoms with Gasteiger partial charge in [-0.3, -0.25) is 4.79 Å². The highest BCUT2D eigenvalue weighted by Crippen LogP contribution is 2.27. The van der Waals surface area contributed by atoms with Crippen LogP contribution in [-0.4, -0.2) is 22.1 Å². The lowest BCUT2D eigenvalue weighted by Crippen LogP contribution is -2.34. The van der Waals surface area contributed by atoms with E-state index in [0.29, 0.717) is 21.4 Å². The Bertz CT molecular complexity index is 937. The van der Waals surface area contributed by atoms with Gasteiger partial charge in [-0.25, -0.2) is 4.98 Å². The fraction of sp³-hybridized carbons (Fsp3) is 0.286. The molecule has 28 heavy (non-hydrogen) atoms. The molecule has 3 rings (SSSR count). The second-order valence-corrected chi connectivity index (χ2v) is 8.05. The zero-order chi connectivity index (χ0) is 20.1. The first kappa shape index (κ1) is 20.4. The standard InChI is InChI=1S/C21H22ClN3O2S/c1-13(11-16-6-8-17(22)9-7-16)24-20(26)18-5-4-10-23-21(18)28-12-19-14(2)25-27-15(19)3/h4-10,13H,11-12H2,1-3H3,(H,24,26)/t13-/m1/s1. The van der Waals surface area contributed by atoms with E-state index in [2.05, 4.69) is 15.5 Å². The Morgan fingerprint density at radius 3 is 2.68 bits per heavy atom. The van der Waals surface area contributed by atoms with Gasteiger partial charge in [-0.15, -0.1) is 11.8 Å². The van der Waals surface area contributed by atoms with Crippen molar-refractivity contribution in [2.75, 3.05) is 0 Å². The fourth-order valence-electron chi connectivity index (χ4n) is 2.85. The summed E-state index contributed by atoms with van der Waals surface area (Å²) >= 11 is 7.43. The molecular formula is C21H22ClN3O2S. The lowest BCUT2D eigenvalue weighted by molar-refractivity contribution is 0.0936. The Morgan fingerprint density at radius 2 is 2.00 bits per heavy atom. The van der Waals surface area contributed by atoms with Gasteiger partial charge < -0.3 is 9.84 Å². The molecule has 2 heterocycles. The maximum absolute atomic E-state index is 12.8. The molecule has 0 saturated carbocycles. The molecule has 0 saturated heterocycles. The van der Waals surface area contributed by atoms with Crippen molar-refractivity contribution in [1.29, 1.82) is 0 Å². The van der Waals surface area contributed by atoms with E-state index >= 15 is 0 Å². The molecule has 2 aromatic heterocycles. The topological polar surface area (TPSA) is 68.0 Å². The van der Waals surface area contributed by atoms with Crippen molar-refractivity contribution in [1.82, 2.24) is 15.5 Å². The summed E-state index contributed by atoms with van der Waals surface area (Å²) in [6.45, 7) is 5.79. The summed E-state index contributed by atoms with van der Waals surface area (Å²) in [6, 6.07) is 11.2. The van der Waals surface area contributed by atoms with Crippen molar-refractivity contribution in [3.63, 3.8) is 0 Å². The van der Waals surface area contributed by atoms with Crippen molar-refractivity contribution in [3.8, 4) is 0 Å². The summed E-state index contributed by atoms with van der Waals surface area (Å²) in [4.78, 5) is 17.2. The number of nitrogens with zero attached hydrogens (tertiary/aromatic N) is 2. The van der Waals surface area contributed by atoms with Crippen molar-refractivity contribution in [2.24, 2.45) is 0 Å². The second kappa shape index (κ2) is 9.26. The molecular weight excluding hydrogens is 394 g/mol. The van der Waals surface area contributed by atoms with Gasteiger partial charge in [-0.1, -0.05) is 28.9 Å². The van der Waals surface area contributed by atoms with Crippen molar-refractivity contribution < 1.29 is 9.32 Å². The molecule has 7 heteroatoms. The van der Waals surface area contributed by atoms with Gasteiger partial charge >= 0.3 is 0 Å². The number of hydrogen-bond acceptors (Lipinski definition) is 5. The van der Waals surface area contributed by atoms with Gasteiger partial charge in [0.1, 0.15) is 10.8 Å². The van der Waals surface area contributed by atoms with Crippen LogP contribution in [0.25, 0.3) is 0 Å². The van der Waals surface area contributed by atoms with Crippen LogP contribution in [0.5, 0.6) is 0 Å². The average Bonchev–Trinajstić information content (AvgIpc) is 3.00. The molecule has 0 radical (unpaired) electrons. The highest BCUT2D eigenvalue weighted by atomic mass is 35.5. The first-order valence-electron chi connectivity index (χ1n) is 8.99. The Morgan fingerprint density at radius 1 is 1.25 bits per heavy atom. The Balaban J connectivity index is 1.65. The lowest BCUT2D eigenvalue weighted by atomic mass is 10.1. The van der Waals surface area contributed by atoms with E-state index in [1.165, 1.54) is 11.8 Å². The SMILES string of the molecule is Cc1noc(C)c1CSc1ncccc1C(=O)N[C@H](C)Cc1ccc(Cl)cc1. The summed E-state index contributed by atoms with van der Waals surface area (Å²) < 4.78 is 5.21. The summed E-state index contributed by atoms with van der Waals surface area (Å²) in [7, 11) is 0.